The van der Waals surface area contributed by atoms with Gasteiger partial charge in [-0.1, -0.05) is 28.9 Å². The lowest BCUT2D eigenvalue weighted by Crippen LogP contribution is -2.22. The smallest absolute Gasteiger partial charge is 0.120 e. The Morgan fingerprint density at radius 1 is 1.50 bits per heavy atom. The number of hydrogen-bond donors (Lipinski definition) is 1. The minimum absolute atomic E-state index is 0.491. The first-order chi connectivity index (χ1) is 7.76. The lowest BCUT2D eigenvalue weighted by atomic mass is 10.0. The van der Waals surface area contributed by atoms with E-state index < -0.39 is 0 Å². The Bertz CT molecular complexity index is 363. The fourth-order valence-corrected chi connectivity index (χ4v) is 2.67. The van der Waals surface area contributed by atoms with E-state index >= 15 is 0 Å². The van der Waals surface area contributed by atoms with E-state index in [1.54, 1.807) is 7.11 Å². The third-order valence-corrected chi connectivity index (χ3v) is 3.75. The van der Waals surface area contributed by atoms with Crippen molar-refractivity contribution in [2.75, 3.05) is 13.7 Å². The maximum Gasteiger partial charge on any atom is 0.120 e. The van der Waals surface area contributed by atoms with E-state index in [-0.39, 0.29) is 0 Å². The summed E-state index contributed by atoms with van der Waals surface area (Å²) < 4.78 is 6.36. The zero-order valence-corrected chi connectivity index (χ0v) is 11.4. The minimum atomic E-state index is 0.491. The Morgan fingerprint density at radius 2 is 2.25 bits per heavy atom. The molecule has 0 aromatic heterocycles. The molecule has 0 aliphatic heterocycles. The molecule has 0 amide bonds. The molecule has 3 heteroatoms. The van der Waals surface area contributed by atoms with Crippen molar-refractivity contribution in [2.45, 2.75) is 25.8 Å². The van der Waals surface area contributed by atoms with E-state index in [0.717, 1.165) is 22.7 Å². The van der Waals surface area contributed by atoms with Crippen LogP contribution in [0.25, 0.3) is 0 Å². The molecule has 1 aromatic rings. The average Bonchev–Trinajstić information content (AvgIpc) is 3.10. The highest BCUT2D eigenvalue weighted by atomic mass is 79.9. The standard InChI is InChI=1S/C13H18BrNO/c1-3-15-13(9-4-5-9)11-7-6-10(16-2)8-12(11)14/h6-9,13,15H,3-5H2,1-2H3. The van der Waals surface area contributed by atoms with Gasteiger partial charge in [-0.2, -0.15) is 0 Å². The number of halogens is 1. The van der Waals surface area contributed by atoms with Crippen LogP contribution in [0.2, 0.25) is 0 Å². The second kappa shape index (κ2) is 5.19. The second-order valence-electron chi connectivity index (χ2n) is 4.26. The SMILES string of the molecule is CCNC(c1ccc(OC)cc1Br)C1CC1. The molecule has 0 spiro atoms. The normalized spacial score (nSPS) is 17.2. The Balaban J connectivity index is 2.22. The van der Waals surface area contributed by atoms with Crippen LogP contribution < -0.4 is 10.1 Å². The monoisotopic (exact) mass is 283 g/mol. The lowest BCUT2D eigenvalue weighted by molar-refractivity contribution is 0.413. The first-order valence-electron chi connectivity index (χ1n) is 5.83. The summed E-state index contributed by atoms with van der Waals surface area (Å²) in [6.07, 6.45) is 2.69. The van der Waals surface area contributed by atoms with Crippen LogP contribution >= 0.6 is 15.9 Å². The van der Waals surface area contributed by atoms with E-state index in [1.165, 1.54) is 18.4 Å². The molecule has 88 valence electrons. The Labute approximate surface area is 106 Å². The van der Waals surface area contributed by atoms with E-state index in [2.05, 4.69) is 34.2 Å². The highest BCUT2D eigenvalue weighted by Crippen LogP contribution is 2.43. The fourth-order valence-electron chi connectivity index (χ4n) is 2.07. The van der Waals surface area contributed by atoms with Crippen molar-refractivity contribution in [3.05, 3.63) is 28.2 Å². The minimum Gasteiger partial charge on any atom is -0.497 e. The van der Waals surface area contributed by atoms with Crippen LogP contribution in [0.15, 0.2) is 22.7 Å². The van der Waals surface area contributed by atoms with Crippen molar-refractivity contribution < 1.29 is 4.74 Å². The summed E-state index contributed by atoms with van der Waals surface area (Å²) in [5.41, 5.74) is 1.35. The summed E-state index contributed by atoms with van der Waals surface area (Å²) in [5, 5.41) is 3.57. The number of nitrogens with one attached hydrogen (secondary N) is 1. The number of rotatable bonds is 5. The van der Waals surface area contributed by atoms with Gasteiger partial charge in [0.2, 0.25) is 0 Å². The van der Waals surface area contributed by atoms with Gasteiger partial charge in [-0.15, -0.1) is 0 Å². The molecule has 2 nitrogen and oxygen atoms in total. The number of methoxy groups -OCH3 is 1. The molecule has 1 atom stereocenters. The summed E-state index contributed by atoms with van der Waals surface area (Å²) in [6, 6.07) is 6.73. The molecule has 16 heavy (non-hydrogen) atoms. The first-order valence-corrected chi connectivity index (χ1v) is 6.62. The first kappa shape index (κ1) is 11.9. The van der Waals surface area contributed by atoms with Crippen LogP contribution in [0, 0.1) is 5.92 Å². The van der Waals surface area contributed by atoms with Gasteiger partial charge >= 0.3 is 0 Å². The van der Waals surface area contributed by atoms with Crippen molar-refractivity contribution in [1.29, 1.82) is 0 Å². The predicted octanol–water partition coefficient (Wildman–Crippen LogP) is 3.52. The van der Waals surface area contributed by atoms with Gasteiger partial charge in [0.05, 0.1) is 7.11 Å². The second-order valence-corrected chi connectivity index (χ2v) is 5.11. The molecule has 1 aliphatic carbocycles. The topological polar surface area (TPSA) is 21.3 Å². The summed E-state index contributed by atoms with van der Waals surface area (Å²) in [5.74, 6) is 1.71. The zero-order chi connectivity index (χ0) is 11.5. The number of benzene rings is 1. The maximum absolute atomic E-state index is 5.22. The van der Waals surface area contributed by atoms with Crippen LogP contribution in [0.1, 0.15) is 31.4 Å². The Kier molecular flexibility index (Phi) is 3.87. The molecule has 1 saturated carbocycles. The molecular weight excluding hydrogens is 266 g/mol. The van der Waals surface area contributed by atoms with Crippen molar-refractivity contribution >= 4 is 15.9 Å². The average molecular weight is 284 g/mol. The molecule has 0 radical (unpaired) electrons. The van der Waals surface area contributed by atoms with Crippen molar-refractivity contribution in [3.8, 4) is 5.75 Å². The van der Waals surface area contributed by atoms with Gasteiger partial charge in [-0.3, -0.25) is 0 Å². The van der Waals surface area contributed by atoms with Gasteiger partial charge in [0, 0.05) is 10.5 Å². The summed E-state index contributed by atoms with van der Waals surface area (Å²) in [7, 11) is 1.70. The van der Waals surface area contributed by atoms with E-state index in [9.17, 15) is 0 Å². The molecule has 1 unspecified atom stereocenters. The van der Waals surface area contributed by atoms with Crippen molar-refractivity contribution in [2.24, 2.45) is 5.92 Å². The predicted molar refractivity (Wildman–Crippen MR) is 69.8 cm³/mol. The summed E-state index contributed by atoms with van der Waals surface area (Å²) in [4.78, 5) is 0. The van der Waals surface area contributed by atoms with Crippen molar-refractivity contribution in [3.63, 3.8) is 0 Å². The van der Waals surface area contributed by atoms with Gasteiger partial charge in [-0.05, 0) is 43.0 Å². The van der Waals surface area contributed by atoms with Gasteiger partial charge in [-0.25, -0.2) is 0 Å². The number of ether oxygens (including phenoxy) is 1. The Morgan fingerprint density at radius 3 is 2.75 bits per heavy atom. The summed E-state index contributed by atoms with van der Waals surface area (Å²) in [6.45, 7) is 3.17. The van der Waals surface area contributed by atoms with Crippen LogP contribution in [-0.4, -0.2) is 13.7 Å². The molecular formula is C13H18BrNO. The van der Waals surface area contributed by atoms with Crippen molar-refractivity contribution in [1.82, 2.24) is 5.32 Å². The van der Waals surface area contributed by atoms with Gasteiger partial charge < -0.3 is 10.1 Å². The molecule has 1 aliphatic rings. The van der Waals surface area contributed by atoms with E-state index in [1.807, 2.05) is 12.1 Å². The van der Waals surface area contributed by atoms with Crippen LogP contribution in [-0.2, 0) is 0 Å². The maximum atomic E-state index is 5.22. The third-order valence-electron chi connectivity index (χ3n) is 3.06. The molecule has 0 saturated heterocycles. The third kappa shape index (κ3) is 2.58. The molecule has 1 aromatic carbocycles. The van der Waals surface area contributed by atoms with Gasteiger partial charge in [0.15, 0.2) is 0 Å². The van der Waals surface area contributed by atoms with Crippen LogP contribution in [0.3, 0.4) is 0 Å². The lowest BCUT2D eigenvalue weighted by Gasteiger charge is -2.19. The Hall–Kier alpha value is -0.540. The van der Waals surface area contributed by atoms with Crippen LogP contribution in [0.4, 0.5) is 0 Å². The summed E-state index contributed by atoms with van der Waals surface area (Å²) >= 11 is 3.63. The largest absolute Gasteiger partial charge is 0.497 e. The van der Waals surface area contributed by atoms with Gasteiger partial charge in [0.25, 0.3) is 0 Å². The molecule has 2 rings (SSSR count). The molecule has 1 fully saturated rings. The van der Waals surface area contributed by atoms with E-state index in [0.29, 0.717) is 6.04 Å². The number of hydrogen-bond acceptors (Lipinski definition) is 2. The molecule has 0 bridgehead atoms. The molecule has 0 heterocycles. The zero-order valence-electron chi connectivity index (χ0n) is 9.79. The quantitative estimate of drug-likeness (QED) is 0.893. The highest BCUT2D eigenvalue weighted by molar-refractivity contribution is 9.10. The highest BCUT2D eigenvalue weighted by Gasteiger charge is 2.32. The molecule has 1 N–H and O–H groups in total. The van der Waals surface area contributed by atoms with E-state index in [4.69, 9.17) is 4.74 Å². The fraction of sp³-hybridized carbons (Fsp3) is 0.538. The van der Waals surface area contributed by atoms with Gasteiger partial charge in [0.1, 0.15) is 5.75 Å². The van der Waals surface area contributed by atoms with Crippen LogP contribution in [0.5, 0.6) is 5.75 Å².